The first kappa shape index (κ1) is 16.2. The minimum atomic E-state index is -3.82. The van der Waals surface area contributed by atoms with Crippen LogP contribution in [0.15, 0.2) is 41.1 Å². The Labute approximate surface area is 129 Å². The minimum absolute atomic E-state index is 0.246. The Morgan fingerprint density at radius 3 is 2.64 bits per heavy atom. The van der Waals surface area contributed by atoms with E-state index in [4.69, 9.17) is 0 Å². The lowest BCUT2D eigenvalue weighted by Gasteiger charge is -2.11. The zero-order valence-corrected chi connectivity index (χ0v) is 13.3. The second-order valence-electron chi connectivity index (χ2n) is 5.44. The van der Waals surface area contributed by atoms with E-state index in [0.29, 0.717) is 17.9 Å². The quantitative estimate of drug-likeness (QED) is 0.880. The van der Waals surface area contributed by atoms with E-state index >= 15 is 0 Å². The fraction of sp³-hybridized carbons (Fsp3) is 0.333. The SMILES string of the molecule is CC(C)Cc1ccccc1C(=O)NS(=O)(=O)Cc1ccon1. The summed E-state index contributed by atoms with van der Waals surface area (Å²) in [6.07, 6.45) is 1.98. The summed E-state index contributed by atoms with van der Waals surface area (Å²) in [6, 6.07) is 8.44. The van der Waals surface area contributed by atoms with Gasteiger partial charge >= 0.3 is 0 Å². The van der Waals surface area contributed by atoms with Crippen LogP contribution in [0.1, 0.15) is 35.5 Å². The molecule has 0 atom stereocenters. The molecule has 1 N–H and O–H groups in total. The lowest BCUT2D eigenvalue weighted by molar-refractivity contribution is 0.0980. The molecule has 0 aliphatic carbocycles. The fourth-order valence-electron chi connectivity index (χ4n) is 2.10. The topological polar surface area (TPSA) is 89.3 Å². The van der Waals surface area contributed by atoms with Crippen LogP contribution in [0.25, 0.3) is 0 Å². The molecule has 0 fully saturated rings. The van der Waals surface area contributed by atoms with Gasteiger partial charge in [0.2, 0.25) is 10.0 Å². The summed E-state index contributed by atoms with van der Waals surface area (Å²) in [5.74, 6) is -0.665. The highest BCUT2D eigenvalue weighted by molar-refractivity contribution is 7.89. The van der Waals surface area contributed by atoms with Crippen molar-refractivity contribution in [3.63, 3.8) is 0 Å². The molecule has 0 spiro atoms. The van der Waals surface area contributed by atoms with E-state index in [1.807, 2.05) is 26.0 Å². The summed E-state index contributed by atoms with van der Waals surface area (Å²) in [5.41, 5.74) is 1.45. The van der Waals surface area contributed by atoms with Crippen LogP contribution < -0.4 is 4.72 Å². The van der Waals surface area contributed by atoms with E-state index in [1.54, 1.807) is 12.1 Å². The molecule has 1 aromatic heterocycles. The predicted molar refractivity (Wildman–Crippen MR) is 81.6 cm³/mol. The standard InChI is InChI=1S/C15H18N2O4S/c1-11(2)9-12-5-3-4-6-14(12)15(18)17-22(19,20)10-13-7-8-21-16-13/h3-8,11H,9-10H2,1-2H3,(H,17,18). The summed E-state index contributed by atoms with van der Waals surface area (Å²) < 4.78 is 30.7. The molecule has 0 saturated heterocycles. The van der Waals surface area contributed by atoms with Gasteiger partial charge in [-0.2, -0.15) is 0 Å². The molecule has 0 unspecified atom stereocenters. The molecule has 1 heterocycles. The van der Waals surface area contributed by atoms with E-state index in [1.165, 1.54) is 12.3 Å². The number of nitrogens with one attached hydrogen (secondary N) is 1. The lowest BCUT2D eigenvalue weighted by Crippen LogP contribution is -2.32. The average molecular weight is 322 g/mol. The fourth-order valence-corrected chi connectivity index (χ4v) is 3.10. The van der Waals surface area contributed by atoms with E-state index < -0.39 is 21.7 Å². The molecule has 0 saturated carbocycles. The average Bonchev–Trinajstić information content (AvgIpc) is 2.89. The van der Waals surface area contributed by atoms with Crippen molar-refractivity contribution < 1.29 is 17.7 Å². The zero-order valence-electron chi connectivity index (χ0n) is 12.4. The van der Waals surface area contributed by atoms with Crippen molar-refractivity contribution in [1.82, 2.24) is 9.88 Å². The number of carbonyl (C=O) groups is 1. The van der Waals surface area contributed by atoms with Gasteiger partial charge in [0.05, 0.1) is 0 Å². The summed E-state index contributed by atoms with van der Waals surface area (Å²) in [5, 5.41) is 3.53. The summed E-state index contributed by atoms with van der Waals surface area (Å²) in [4.78, 5) is 12.3. The molecule has 7 heteroatoms. The molecule has 22 heavy (non-hydrogen) atoms. The highest BCUT2D eigenvalue weighted by atomic mass is 32.2. The molecular weight excluding hydrogens is 304 g/mol. The zero-order chi connectivity index (χ0) is 16.2. The van der Waals surface area contributed by atoms with Crippen LogP contribution in [-0.2, 0) is 22.2 Å². The van der Waals surface area contributed by atoms with Crippen molar-refractivity contribution in [2.75, 3.05) is 0 Å². The van der Waals surface area contributed by atoms with E-state index in [2.05, 4.69) is 14.4 Å². The van der Waals surface area contributed by atoms with Crippen molar-refractivity contribution in [3.8, 4) is 0 Å². The number of hydrogen-bond acceptors (Lipinski definition) is 5. The van der Waals surface area contributed by atoms with E-state index in [0.717, 1.165) is 5.56 Å². The second kappa shape index (κ2) is 6.74. The first-order chi connectivity index (χ1) is 10.4. The molecule has 118 valence electrons. The number of amides is 1. The predicted octanol–water partition coefficient (Wildman–Crippen LogP) is 2.13. The van der Waals surface area contributed by atoms with Crippen molar-refractivity contribution in [1.29, 1.82) is 0 Å². The third-order valence-corrected chi connectivity index (χ3v) is 4.14. The van der Waals surface area contributed by atoms with Gasteiger partial charge in [-0.1, -0.05) is 37.2 Å². The van der Waals surface area contributed by atoms with Gasteiger partial charge in [-0.05, 0) is 24.0 Å². The first-order valence-corrected chi connectivity index (χ1v) is 8.54. The highest BCUT2D eigenvalue weighted by Crippen LogP contribution is 2.14. The van der Waals surface area contributed by atoms with Crippen LogP contribution >= 0.6 is 0 Å². The number of sulfonamides is 1. The Morgan fingerprint density at radius 1 is 1.27 bits per heavy atom. The maximum atomic E-state index is 12.3. The monoisotopic (exact) mass is 322 g/mol. The molecule has 6 nitrogen and oxygen atoms in total. The van der Waals surface area contributed by atoms with Gasteiger partial charge in [0.25, 0.3) is 5.91 Å². The molecule has 0 aliphatic heterocycles. The van der Waals surface area contributed by atoms with E-state index in [9.17, 15) is 13.2 Å². The van der Waals surface area contributed by atoms with Crippen LogP contribution in [0.2, 0.25) is 0 Å². The maximum Gasteiger partial charge on any atom is 0.265 e. The van der Waals surface area contributed by atoms with Crippen LogP contribution in [0.4, 0.5) is 0 Å². The molecule has 2 aromatic rings. The first-order valence-electron chi connectivity index (χ1n) is 6.89. The van der Waals surface area contributed by atoms with Crippen molar-refractivity contribution in [2.24, 2.45) is 5.92 Å². The Balaban J connectivity index is 2.15. The Morgan fingerprint density at radius 2 is 2.00 bits per heavy atom. The third-order valence-electron chi connectivity index (χ3n) is 2.97. The van der Waals surface area contributed by atoms with Gasteiger partial charge in [0.15, 0.2) is 0 Å². The van der Waals surface area contributed by atoms with Crippen molar-refractivity contribution >= 4 is 15.9 Å². The molecule has 0 aliphatic rings. The van der Waals surface area contributed by atoms with Crippen LogP contribution in [0.3, 0.4) is 0 Å². The molecule has 0 bridgehead atoms. The summed E-state index contributed by atoms with van der Waals surface area (Å²) in [6.45, 7) is 4.08. The maximum absolute atomic E-state index is 12.3. The second-order valence-corrected chi connectivity index (χ2v) is 7.16. The van der Waals surface area contributed by atoms with Gasteiger partial charge < -0.3 is 4.52 Å². The molecule has 2 rings (SSSR count). The van der Waals surface area contributed by atoms with Gasteiger partial charge in [-0.15, -0.1) is 0 Å². The number of carbonyl (C=O) groups excluding carboxylic acids is 1. The van der Waals surface area contributed by atoms with Crippen LogP contribution in [-0.4, -0.2) is 19.5 Å². The largest absolute Gasteiger partial charge is 0.364 e. The summed E-state index contributed by atoms with van der Waals surface area (Å²) >= 11 is 0. The molecule has 1 aromatic carbocycles. The van der Waals surface area contributed by atoms with Gasteiger partial charge in [0, 0.05) is 11.6 Å². The highest BCUT2D eigenvalue weighted by Gasteiger charge is 2.20. The Kier molecular flexibility index (Phi) is 4.97. The summed E-state index contributed by atoms with van der Waals surface area (Å²) in [7, 11) is -3.82. The third kappa shape index (κ3) is 4.42. The number of aromatic nitrogens is 1. The smallest absolute Gasteiger partial charge is 0.265 e. The van der Waals surface area contributed by atoms with Gasteiger partial charge in [-0.25, -0.2) is 13.1 Å². The molecule has 1 amide bonds. The normalized spacial score (nSPS) is 11.6. The number of hydrogen-bond donors (Lipinski definition) is 1. The number of rotatable bonds is 6. The van der Waals surface area contributed by atoms with Crippen molar-refractivity contribution in [2.45, 2.75) is 26.0 Å². The van der Waals surface area contributed by atoms with Crippen molar-refractivity contribution in [3.05, 3.63) is 53.4 Å². The van der Waals surface area contributed by atoms with Gasteiger partial charge in [-0.3, -0.25) is 4.79 Å². The Hall–Kier alpha value is -2.15. The van der Waals surface area contributed by atoms with Crippen LogP contribution in [0, 0.1) is 5.92 Å². The minimum Gasteiger partial charge on any atom is -0.364 e. The van der Waals surface area contributed by atoms with E-state index in [-0.39, 0.29) is 5.69 Å². The van der Waals surface area contributed by atoms with Crippen LogP contribution in [0.5, 0.6) is 0 Å². The van der Waals surface area contributed by atoms with Gasteiger partial charge in [0.1, 0.15) is 17.7 Å². The number of nitrogens with zero attached hydrogens (tertiary/aromatic N) is 1. The number of benzene rings is 1. The molecular formula is C15H18N2O4S. The molecule has 0 radical (unpaired) electrons. The lowest BCUT2D eigenvalue weighted by atomic mass is 9.98. The Bertz CT molecular complexity index is 737.